The summed E-state index contributed by atoms with van der Waals surface area (Å²) in [7, 11) is 0. The number of rotatable bonds is 3. The molecule has 0 fully saturated rings. The van der Waals surface area contributed by atoms with E-state index in [4.69, 9.17) is 32.7 Å². The molecule has 1 aliphatic heterocycles. The summed E-state index contributed by atoms with van der Waals surface area (Å²) in [5, 5.41) is 4.36. The minimum absolute atomic E-state index is 0.536. The first-order valence-electron chi connectivity index (χ1n) is 6.80. The molecule has 0 saturated carbocycles. The van der Waals surface area contributed by atoms with Crippen LogP contribution in [0.1, 0.15) is 12.0 Å². The van der Waals surface area contributed by atoms with E-state index in [9.17, 15) is 0 Å². The predicted molar refractivity (Wildman–Crippen MR) is 85.8 cm³/mol. The average molecular weight is 324 g/mol. The zero-order valence-electron chi connectivity index (χ0n) is 11.4. The van der Waals surface area contributed by atoms with Gasteiger partial charge in [0.1, 0.15) is 0 Å². The highest BCUT2D eigenvalue weighted by Crippen LogP contribution is 2.32. The van der Waals surface area contributed by atoms with Crippen molar-refractivity contribution in [3.63, 3.8) is 0 Å². The van der Waals surface area contributed by atoms with Crippen LogP contribution in [0.3, 0.4) is 0 Å². The third kappa shape index (κ3) is 3.36. The van der Waals surface area contributed by atoms with Gasteiger partial charge in [0, 0.05) is 13.0 Å². The fourth-order valence-corrected chi connectivity index (χ4v) is 2.52. The molecule has 0 unspecified atom stereocenters. The number of hydrogen-bond donors (Lipinski definition) is 1. The fraction of sp³-hybridized carbons (Fsp3) is 0.250. The number of ether oxygens (including phenoxy) is 2. The standard InChI is InChI=1S/C16H15Cl2NO2/c17-12-3-1-4-13(16(12)18)19-10-11-5-6-14-15(9-11)21-8-2-7-20-14/h1,3-6,9,19H,2,7-8,10H2. The second-order valence-corrected chi connectivity index (χ2v) is 5.57. The summed E-state index contributed by atoms with van der Waals surface area (Å²) in [4.78, 5) is 0. The van der Waals surface area contributed by atoms with E-state index in [1.54, 1.807) is 6.07 Å². The minimum Gasteiger partial charge on any atom is -0.490 e. The van der Waals surface area contributed by atoms with E-state index >= 15 is 0 Å². The van der Waals surface area contributed by atoms with Crippen LogP contribution in [0.4, 0.5) is 5.69 Å². The molecular weight excluding hydrogens is 309 g/mol. The largest absolute Gasteiger partial charge is 0.490 e. The summed E-state index contributed by atoms with van der Waals surface area (Å²) in [5.41, 5.74) is 1.91. The van der Waals surface area contributed by atoms with Crippen molar-refractivity contribution in [1.82, 2.24) is 0 Å². The maximum atomic E-state index is 6.16. The molecule has 0 atom stereocenters. The first kappa shape index (κ1) is 14.4. The maximum Gasteiger partial charge on any atom is 0.161 e. The highest BCUT2D eigenvalue weighted by Gasteiger charge is 2.11. The second kappa shape index (κ2) is 6.46. The van der Waals surface area contributed by atoms with Crippen molar-refractivity contribution in [2.24, 2.45) is 0 Å². The van der Waals surface area contributed by atoms with Gasteiger partial charge in [0.2, 0.25) is 0 Å². The van der Waals surface area contributed by atoms with Gasteiger partial charge in [-0.1, -0.05) is 35.3 Å². The van der Waals surface area contributed by atoms with Gasteiger partial charge in [-0.05, 0) is 29.8 Å². The lowest BCUT2D eigenvalue weighted by molar-refractivity contribution is 0.297. The number of benzene rings is 2. The van der Waals surface area contributed by atoms with Gasteiger partial charge in [0.05, 0.1) is 28.9 Å². The molecule has 0 radical (unpaired) electrons. The number of fused-ring (bicyclic) bond motifs is 1. The molecule has 2 aromatic rings. The van der Waals surface area contributed by atoms with E-state index in [1.807, 2.05) is 30.3 Å². The summed E-state index contributed by atoms with van der Waals surface area (Å²) < 4.78 is 11.3. The van der Waals surface area contributed by atoms with Gasteiger partial charge >= 0.3 is 0 Å². The molecule has 0 amide bonds. The molecule has 1 heterocycles. The van der Waals surface area contributed by atoms with Gasteiger partial charge in [-0.15, -0.1) is 0 Å². The smallest absolute Gasteiger partial charge is 0.161 e. The summed E-state index contributed by atoms with van der Waals surface area (Å²) in [6, 6.07) is 11.5. The Morgan fingerprint density at radius 2 is 1.81 bits per heavy atom. The number of nitrogens with one attached hydrogen (secondary N) is 1. The first-order valence-corrected chi connectivity index (χ1v) is 7.56. The third-order valence-electron chi connectivity index (χ3n) is 3.25. The topological polar surface area (TPSA) is 30.5 Å². The van der Waals surface area contributed by atoms with Crippen molar-refractivity contribution in [3.05, 3.63) is 52.0 Å². The molecule has 2 aromatic carbocycles. The zero-order chi connectivity index (χ0) is 14.7. The van der Waals surface area contributed by atoms with Crippen molar-refractivity contribution in [2.45, 2.75) is 13.0 Å². The van der Waals surface area contributed by atoms with E-state index in [2.05, 4.69) is 5.32 Å². The van der Waals surface area contributed by atoms with Crippen LogP contribution >= 0.6 is 23.2 Å². The lowest BCUT2D eigenvalue weighted by atomic mass is 10.2. The molecule has 21 heavy (non-hydrogen) atoms. The van der Waals surface area contributed by atoms with Crippen molar-refractivity contribution in [3.8, 4) is 11.5 Å². The Balaban J connectivity index is 1.73. The summed E-state index contributed by atoms with van der Waals surface area (Å²) in [6.07, 6.45) is 0.903. The predicted octanol–water partition coefficient (Wildman–Crippen LogP) is 4.77. The molecule has 0 aliphatic carbocycles. The highest BCUT2D eigenvalue weighted by atomic mass is 35.5. The van der Waals surface area contributed by atoms with Gasteiger partial charge in [0.15, 0.2) is 11.5 Å². The van der Waals surface area contributed by atoms with Crippen LogP contribution in [0.5, 0.6) is 11.5 Å². The Hall–Kier alpha value is -1.58. The highest BCUT2D eigenvalue weighted by molar-refractivity contribution is 6.43. The molecule has 1 aliphatic rings. The maximum absolute atomic E-state index is 6.16. The molecule has 0 saturated heterocycles. The number of halogens is 2. The molecule has 5 heteroatoms. The van der Waals surface area contributed by atoms with Crippen molar-refractivity contribution < 1.29 is 9.47 Å². The Kier molecular flexibility index (Phi) is 4.42. The zero-order valence-corrected chi connectivity index (χ0v) is 12.9. The molecular formula is C16H15Cl2NO2. The van der Waals surface area contributed by atoms with Crippen molar-refractivity contribution in [1.29, 1.82) is 0 Å². The molecule has 1 N–H and O–H groups in total. The fourth-order valence-electron chi connectivity index (χ4n) is 2.16. The lowest BCUT2D eigenvalue weighted by Crippen LogP contribution is -2.01. The van der Waals surface area contributed by atoms with E-state index in [0.717, 1.165) is 29.2 Å². The van der Waals surface area contributed by atoms with Gasteiger partial charge in [-0.3, -0.25) is 0 Å². The summed E-state index contributed by atoms with van der Waals surface area (Å²) >= 11 is 12.2. The lowest BCUT2D eigenvalue weighted by Gasteiger charge is -2.12. The molecule has 0 spiro atoms. The Labute approximate surface area is 133 Å². The van der Waals surface area contributed by atoms with Crippen LogP contribution < -0.4 is 14.8 Å². The van der Waals surface area contributed by atoms with Crippen LogP contribution in [0, 0.1) is 0 Å². The minimum atomic E-state index is 0.536. The molecule has 0 bridgehead atoms. The van der Waals surface area contributed by atoms with E-state index in [-0.39, 0.29) is 0 Å². The van der Waals surface area contributed by atoms with Crippen LogP contribution in [0.25, 0.3) is 0 Å². The molecule has 3 nitrogen and oxygen atoms in total. The van der Waals surface area contributed by atoms with Gasteiger partial charge in [-0.2, -0.15) is 0 Å². The van der Waals surface area contributed by atoms with Crippen LogP contribution in [0.2, 0.25) is 10.0 Å². The van der Waals surface area contributed by atoms with Crippen LogP contribution in [0.15, 0.2) is 36.4 Å². The number of hydrogen-bond acceptors (Lipinski definition) is 3. The monoisotopic (exact) mass is 323 g/mol. The summed E-state index contributed by atoms with van der Waals surface area (Å²) in [6.45, 7) is 2.02. The third-order valence-corrected chi connectivity index (χ3v) is 4.07. The Bertz CT molecular complexity index is 646. The second-order valence-electron chi connectivity index (χ2n) is 4.79. The van der Waals surface area contributed by atoms with Crippen LogP contribution in [-0.4, -0.2) is 13.2 Å². The van der Waals surface area contributed by atoms with Crippen LogP contribution in [-0.2, 0) is 6.54 Å². The molecule has 0 aromatic heterocycles. The average Bonchev–Trinajstić information content (AvgIpc) is 2.73. The quantitative estimate of drug-likeness (QED) is 0.882. The Morgan fingerprint density at radius 1 is 1.00 bits per heavy atom. The van der Waals surface area contributed by atoms with Crippen molar-refractivity contribution in [2.75, 3.05) is 18.5 Å². The van der Waals surface area contributed by atoms with Gasteiger partial charge < -0.3 is 14.8 Å². The molecule has 3 rings (SSSR count). The van der Waals surface area contributed by atoms with E-state index in [0.29, 0.717) is 29.8 Å². The SMILES string of the molecule is Clc1cccc(NCc2ccc3c(c2)OCCCO3)c1Cl. The van der Waals surface area contributed by atoms with Gasteiger partial charge in [0.25, 0.3) is 0 Å². The molecule has 110 valence electrons. The van der Waals surface area contributed by atoms with E-state index in [1.165, 1.54) is 0 Å². The summed E-state index contributed by atoms with van der Waals surface area (Å²) in [5.74, 6) is 1.60. The normalized spacial score (nSPS) is 13.6. The van der Waals surface area contributed by atoms with E-state index < -0.39 is 0 Å². The first-order chi connectivity index (χ1) is 10.2. The van der Waals surface area contributed by atoms with Gasteiger partial charge in [-0.25, -0.2) is 0 Å². The van der Waals surface area contributed by atoms with Crippen molar-refractivity contribution >= 4 is 28.9 Å². The Morgan fingerprint density at radius 3 is 2.67 bits per heavy atom. The number of anilines is 1.